The predicted molar refractivity (Wildman–Crippen MR) is 58.9 cm³/mol. The van der Waals surface area contributed by atoms with Gasteiger partial charge in [0.1, 0.15) is 0 Å². The lowest BCUT2D eigenvalue weighted by molar-refractivity contribution is 0.159. The zero-order chi connectivity index (χ0) is 9.61. The second-order valence-corrected chi connectivity index (χ2v) is 10.5. The summed E-state index contributed by atoms with van der Waals surface area (Å²) in [5.74, 6) is 1.29. The first-order chi connectivity index (χ1) is 5.49. The average molecular weight is 209 g/mol. The zero-order valence-corrected chi connectivity index (χ0v) is 10.4. The van der Waals surface area contributed by atoms with Crippen LogP contribution in [0.15, 0.2) is 0 Å². The van der Waals surface area contributed by atoms with Gasteiger partial charge in [0.2, 0.25) is 0 Å². The molecule has 0 amide bonds. The van der Waals surface area contributed by atoms with Crippen LogP contribution >= 0.6 is 11.6 Å². The van der Waals surface area contributed by atoms with Gasteiger partial charge in [0.25, 0.3) is 0 Å². The fourth-order valence-corrected chi connectivity index (χ4v) is 2.60. The van der Waals surface area contributed by atoms with Gasteiger partial charge in [-0.25, -0.2) is 0 Å². The second-order valence-electron chi connectivity index (χ2n) is 4.58. The van der Waals surface area contributed by atoms with Crippen molar-refractivity contribution < 1.29 is 4.74 Å². The zero-order valence-electron chi connectivity index (χ0n) is 8.69. The molecule has 0 aromatic rings. The van der Waals surface area contributed by atoms with Crippen LogP contribution in [0.5, 0.6) is 0 Å². The quantitative estimate of drug-likeness (QED) is 0.481. The van der Waals surface area contributed by atoms with Gasteiger partial charge < -0.3 is 4.74 Å². The highest BCUT2D eigenvalue weighted by Gasteiger charge is 2.16. The molecule has 3 heteroatoms. The minimum absolute atomic E-state index is 0.559. The molecule has 0 bridgehead atoms. The van der Waals surface area contributed by atoms with Crippen molar-refractivity contribution in [1.29, 1.82) is 0 Å². The van der Waals surface area contributed by atoms with E-state index in [1.165, 1.54) is 12.5 Å². The molecule has 0 saturated heterocycles. The highest BCUT2D eigenvalue weighted by molar-refractivity contribution is 6.76. The summed E-state index contributed by atoms with van der Waals surface area (Å²) < 4.78 is 5.09. The molecule has 0 aromatic carbocycles. The van der Waals surface area contributed by atoms with Crippen LogP contribution in [-0.2, 0) is 4.74 Å². The Hall–Kier alpha value is 0.467. The summed E-state index contributed by atoms with van der Waals surface area (Å²) in [6, 6.07) is 1.35. The van der Waals surface area contributed by atoms with E-state index < -0.39 is 8.07 Å². The molecule has 0 N–H and O–H groups in total. The van der Waals surface area contributed by atoms with E-state index in [0.29, 0.717) is 5.92 Å². The lowest BCUT2D eigenvalue weighted by Crippen LogP contribution is -2.22. The van der Waals surface area contributed by atoms with E-state index in [-0.39, 0.29) is 0 Å². The van der Waals surface area contributed by atoms with Gasteiger partial charge in [-0.2, -0.15) is 0 Å². The van der Waals surface area contributed by atoms with Gasteiger partial charge in [0.05, 0.1) is 6.61 Å². The van der Waals surface area contributed by atoms with Gasteiger partial charge >= 0.3 is 0 Å². The molecule has 1 atom stereocenters. The maximum absolute atomic E-state index is 5.81. The van der Waals surface area contributed by atoms with Gasteiger partial charge in [-0.3, -0.25) is 0 Å². The first-order valence-corrected chi connectivity index (χ1v) is 8.78. The molecule has 0 rings (SSSR count). The van der Waals surface area contributed by atoms with Crippen molar-refractivity contribution in [2.75, 3.05) is 19.6 Å². The maximum Gasteiger partial charge on any atom is 0.0501 e. The highest BCUT2D eigenvalue weighted by atomic mass is 35.5. The van der Waals surface area contributed by atoms with Gasteiger partial charge in [-0.15, -0.1) is 11.6 Å². The largest absolute Gasteiger partial charge is 0.384 e. The van der Waals surface area contributed by atoms with Crippen LogP contribution in [0.1, 0.15) is 6.42 Å². The molecule has 0 spiro atoms. The van der Waals surface area contributed by atoms with E-state index in [0.717, 1.165) is 12.5 Å². The third-order valence-electron chi connectivity index (χ3n) is 1.92. The molecule has 0 radical (unpaired) electrons. The van der Waals surface area contributed by atoms with Crippen LogP contribution in [0.2, 0.25) is 25.7 Å². The van der Waals surface area contributed by atoms with Crippen LogP contribution in [0.4, 0.5) is 0 Å². The van der Waals surface area contributed by atoms with Crippen LogP contribution in [0.25, 0.3) is 0 Å². The number of halogens is 1. The highest BCUT2D eigenvalue weighted by Crippen LogP contribution is 2.17. The van der Waals surface area contributed by atoms with E-state index >= 15 is 0 Å². The van der Waals surface area contributed by atoms with E-state index in [1.54, 1.807) is 7.11 Å². The summed E-state index contributed by atoms with van der Waals surface area (Å²) in [6.45, 7) is 8.00. The van der Waals surface area contributed by atoms with Gasteiger partial charge in [0.15, 0.2) is 0 Å². The molecular formula is C9H21ClOSi. The first kappa shape index (κ1) is 12.5. The molecule has 0 fully saturated rings. The van der Waals surface area contributed by atoms with Crippen LogP contribution in [-0.4, -0.2) is 27.7 Å². The normalized spacial score (nSPS) is 14.8. The van der Waals surface area contributed by atoms with E-state index in [1.807, 2.05) is 0 Å². The van der Waals surface area contributed by atoms with Gasteiger partial charge in [0, 0.05) is 21.1 Å². The fraction of sp³-hybridized carbons (Fsp3) is 1.00. The Morgan fingerprint density at radius 3 is 2.25 bits per heavy atom. The number of alkyl halides is 1. The third kappa shape index (κ3) is 7.13. The molecule has 0 aliphatic heterocycles. The molecule has 74 valence electrons. The molecule has 0 saturated carbocycles. The van der Waals surface area contributed by atoms with Crippen molar-refractivity contribution in [3.63, 3.8) is 0 Å². The number of methoxy groups -OCH3 is 1. The Morgan fingerprint density at radius 2 is 1.92 bits per heavy atom. The molecular weight excluding hydrogens is 188 g/mol. The molecule has 0 aliphatic carbocycles. The Bertz CT molecular complexity index is 112. The third-order valence-corrected chi connectivity index (χ3v) is 4.15. The molecule has 1 unspecified atom stereocenters. The minimum Gasteiger partial charge on any atom is -0.384 e. The van der Waals surface area contributed by atoms with Crippen molar-refractivity contribution in [1.82, 2.24) is 0 Å². The Balaban J connectivity index is 3.58. The lowest BCUT2D eigenvalue weighted by Gasteiger charge is -2.19. The summed E-state index contributed by atoms with van der Waals surface area (Å²) in [5.41, 5.74) is 0. The number of ether oxygens (including phenoxy) is 1. The van der Waals surface area contributed by atoms with Crippen LogP contribution < -0.4 is 0 Å². The average Bonchev–Trinajstić information content (AvgIpc) is 1.96. The second kappa shape index (κ2) is 6.00. The topological polar surface area (TPSA) is 9.23 Å². The van der Waals surface area contributed by atoms with Crippen molar-refractivity contribution in [2.24, 2.45) is 5.92 Å². The minimum atomic E-state index is -0.879. The summed E-state index contributed by atoms with van der Waals surface area (Å²) in [6.07, 6.45) is 1.23. The van der Waals surface area contributed by atoms with Crippen molar-refractivity contribution >= 4 is 19.7 Å². The Morgan fingerprint density at radius 1 is 1.33 bits per heavy atom. The Kier molecular flexibility index (Phi) is 6.24. The predicted octanol–water partition coefficient (Wildman–Crippen LogP) is 3.22. The lowest BCUT2D eigenvalue weighted by atomic mass is 10.1. The fourth-order valence-electron chi connectivity index (χ4n) is 1.08. The molecule has 0 heterocycles. The SMILES string of the molecule is COCC(CCl)CC[Si](C)(C)C. The van der Waals surface area contributed by atoms with E-state index in [9.17, 15) is 0 Å². The smallest absolute Gasteiger partial charge is 0.0501 e. The summed E-state index contributed by atoms with van der Waals surface area (Å²) in [5, 5.41) is 0. The first-order valence-electron chi connectivity index (χ1n) is 4.54. The van der Waals surface area contributed by atoms with Gasteiger partial charge in [-0.1, -0.05) is 25.7 Å². The standard InChI is InChI=1S/C9H21ClOSi/c1-11-8-9(7-10)5-6-12(2,3)4/h9H,5-8H2,1-4H3. The number of rotatable bonds is 6. The molecule has 0 aliphatic rings. The summed E-state index contributed by atoms with van der Waals surface area (Å²) in [4.78, 5) is 0. The maximum atomic E-state index is 5.81. The van der Waals surface area contributed by atoms with Crippen molar-refractivity contribution in [2.45, 2.75) is 32.1 Å². The van der Waals surface area contributed by atoms with E-state index in [4.69, 9.17) is 16.3 Å². The van der Waals surface area contributed by atoms with Gasteiger partial charge in [-0.05, 0) is 12.3 Å². The molecule has 0 aromatic heterocycles. The summed E-state index contributed by atoms with van der Waals surface area (Å²) in [7, 11) is 0.865. The van der Waals surface area contributed by atoms with E-state index in [2.05, 4.69) is 19.6 Å². The number of hydrogen-bond acceptors (Lipinski definition) is 1. The van der Waals surface area contributed by atoms with Crippen LogP contribution in [0, 0.1) is 5.92 Å². The molecule has 1 nitrogen and oxygen atoms in total. The van der Waals surface area contributed by atoms with Crippen molar-refractivity contribution in [3.05, 3.63) is 0 Å². The number of hydrogen-bond donors (Lipinski definition) is 0. The van der Waals surface area contributed by atoms with Crippen LogP contribution in [0.3, 0.4) is 0 Å². The monoisotopic (exact) mass is 208 g/mol. The van der Waals surface area contributed by atoms with Crippen molar-refractivity contribution in [3.8, 4) is 0 Å². The molecule has 12 heavy (non-hydrogen) atoms. The summed E-state index contributed by atoms with van der Waals surface area (Å²) >= 11 is 5.81. The Labute approximate surface area is 82.5 Å².